The second-order valence-corrected chi connectivity index (χ2v) is 9.06. The monoisotopic (exact) mass is 401 g/mol. The van der Waals surface area contributed by atoms with Gasteiger partial charge in [-0.25, -0.2) is 4.98 Å². The first-order valence-electron chi connectivity index (χ1n) is 8.80. The van der Waals surface area contributed by atoms with Crippen molar-refractivity contribution in [1.82, 2.24) is 9.55 Å². The van der Waals surface area contributed by atoms with Gasteiger partial charge in [0.15, 0.2) is 5.16 Å². The van der Waals surface area contributed by atoms with Crippen molar-refractivity contribution in [2.45, 2.75) is 44.0 Å². The molecule has 0 aliphatic carbocycles. The van der Waals surface area contributed by atoms with Gasteiger partial charge < -0.3 is 5.32 Å². The highest BCUT2D eigenvalue weighted by Gasteiger charge is 2.20. The number of aromatic nitrogens is 2. The summed E-state index contributed by atoms with van der Waals surface area (Å²) in [6.07, 6.45) is 0. The largest absolute Gasteiger partial charge is 0.325 e. The molecular weight excluding hydrogens is 378 g/mol. The maximum absolute atomic E-state index is 12.8. The summed E-state index contributed by atoms with van der Waals surface area (Å²) in [5.74, 6) is 0.211. The molecule has 0 aliphatic rings. The van der Waals surface area contributed by atoms with Crippen molar-refractivity contribution in [3.05, 3.63) is 51.1 Å². The van der Waals surface area contributed by atoms with Crippen LogP contribution in [0.2, 0.25) is 0 Å². The van der Waals surface area contributed by atoms with Gasteiger partial charge in [-0.3, -0.25) is 14.2 Å². The van der Waals surface area contributed by atoms with Crippen LogP contribution in [0, 0.1) is 6.92 Å². The molecule has 0 spiro atoms. The van der Waals surface area contributed by atoms with E-state index in [1.807, 2.05) is 43.5 Å². The van der Waals surface area contributed by atoms with Crippen LogP contribution in [0.1, 0.15) is 37.8 Å². The van der Waals surface area contributed by atoms with Crippen LogP contribution in [-0.2, 0) is 11.8 Å². The number of thioether (sulfide) groups is 1. The zero-order chi connectivity index (χ0) is 19.7. The molecular formula is C20H23N3O2S2. The molecule has 1 amide bonds. The summed E-state index contributed by atoms with van der Waals surface area (Å²) in [4.78, 5) is 29.8. The van der Waals surface area contributed by atoms with Gasteiger partial charge in [-0.05, 0) is 42.3 Å². The number of nitrogens with zero attached hydrogens (tertiary/aromatic N) is 2. The van der Waals surface area contributed by atoms with Crippen LogP contribution < -0.4 is 10.9 Å². The standard InChI is InChI=1S/C20H23N3O2S2/c1-11(2)14-8-6-7-12(3)16(14)22-18(24)13(4)27-20-21-15-9-10-26-17(15)19(25)23(20)5/h6-11,13H,1-5H3,(H,22,24). The average Bonchev–Trinajstić information content (AvgIpc) is 3.09. The molecule has 2 aromatic heterocycles. The van der Waals surface area contributed by atoms with Crippen molar-refractivity contribution >= 4 is 44.9 Å². The first kappa shape index (κ1) is 19.6. The van der Waals surface area contributed by atoms with Crippen molar-refractivity contribution in [3.8, 4) is 0 Å². The molecule has 0 bridgehead atoms. The Bertz CT molecular complexity index is 1050. The summed E-state index contributed by atoms with van der Waals surface area (Å²) in [5.41, 5.74) is 3.63. The van der Waals surface area contributed by atoms with Gasteiger partial charge in [-0.2, -0.15) is 0 Å². The predicted molar refractivity (Wildman–Crippen MR) is 114 cm³/mol. The molecule has 142 valence electrons. The van der Waals surface area contributed by atoms with Crippen LogP contribution in [-0.4, -0.2) is 20.7 Å². The second-order valence-electron chi connectivity index (χ2n) is 6.84. The fourth-order valence-electron chi connectivity index (χ4n) is 2.85. The fraction of sp³-hybridized carbons (Fsp3) is 0.350. The highest BCUT2D eigenvalue weighted by molar-refractivity contribution is 8.00. The van der Waals surface area contributed by atoms with Gasteiger partial charge in [0.25, 0.3) is 5.56 Å². The number of amides is 1. The van der Waals surface area contributed by atoms with Gasteiger partial charge in [-0.1, -0.05) is 43.8 Å². The smallest absolute Gasteiger partial charge is 0.271 e. The van der Waals surface area contributed by atoms with Gasteiger partial charge in [0.1, 0.15) is 4.70 Å². The summed E-state index contributed by atoms with van der Waals surface area (Å²) in [6.45, 7) is 8.04. The SMILES string of the molecule is Cc1cccc(C(C)C)c1NC(=O)C(C)Sc1nc2ccsc2c(=O)n1C. The van der Waals surface area contributed by atoms with Crippen molar-refractivity contribution in [3.63, 3.8) is 0 Å². The number of aryl methyl sites for hydroxylation is 1. The number of hydrogen-bond donors (Lipinski definition) is 1. The molecule has 3 aromatic rings. The number of thiophene rings is 1. The molecule has 1 unspecified atom stereocenters. The molecule has 27 heavy (non-hydrogen) atoms. The van der Waals surface area contributed by atoms with E-state index < -0.39 is 0 Å². The molecule has 3 rings (SSSR count). The van der Waals surface area contributed by atoms with Gasteiger partial charge >= 0.3 is 0 Å². The molecule has 0 fully saturated rings. The number of carbonyl (C=O) groups excluding carboxylic acids is 1. The molecule has 0 saturated heterocycles. The number of fused-ring (bicyclic) bond motifs is 1. The third-order valence-corrected chi connectivity index (χ3v) is 6.51. The summed E-state index contributed by atoms with van der Waals surface area (Å²) in [5, 5.41) is 5.08. The third kappa shape index (κ3) is 3.94. The first-order chi connectivity index (χ1) is 12.8. The number of carbonyl (C=O) groups is 1. The lowest BCUT2D eigenvalue weighted by Crippen LogP contribution is -2.26. The lowest BCUT2D eigenvalue weighted by atomic mass is 9.98. The van der Waals surface area contributed by atoms with E-state index in [0.29, 0.717) is 21.3 Å². The van der Waals surface area contributed by atoms with Crippen molar-refractivity contribution in [2.75, 3.05) is 5.32 Å². The van der Waals surface area contributed by atoms with E-state index >= 15 is 0 Å². The molecule has 0 radical (unpaired) electrons. The van der Waals surface area contributed by atoms with E-state index in [0.717, 1.165) is 16.8 Å². The van der Waals surface area contributed by atoms with Gasteiger partial charge in [0.2, 0.25) is 5.91 Å². The van der Waals surface area contributed by atoms with Crippen molar-refractivity contribution < 1.29 is 4.79 Å². The minimum atomic E-state index is -0.390. The highest BCUT2D eigenvalue weighted by atomic mass is 32.2. The third-order valence-electron chi connectivity index (χ3n) is 4.47. The molecule has 1 atom stereocenters. The Balaban J connectivity index is 1.84. The zero-order valence-corrected chi connectivity index (χ0v) is 17.7. The van der Waals surface area contributed by atoms with Crippen LogP contribution in [0.25, 0.3) is 10.2 Å². The quantitative estimate of drug-likeness (QED) is 0.503. The Labute approximate surface area is 166 Å². The highest BCUT2D eigenvalue weighted by Crippen LogP contribution is 2.29. The predicted octanol–water partition coefficient (Wildman–Crippen LogP) is 4.55. The first-order valence-corrected chi connectivity index (χ1v) is 10.6. The van der Waals surface area contributed by atoms with Gasteiger partial charge in [-0.15, -0.1) is 11.3 Å². The van der Waals surface area contributed by atoms with E-state index in [2.05, 4.69) is 24.1 Å². The zero-order valence-electron chi connectivity index (χ0n) is 16.1. The topological polar surface area (TPSA) is 64.0 Å². The normalized spacial score (nSPS) is 12.5. The Morgan fingerprint density at radius 3 is 2.70 bits per heavy atom. The number of nitrogens with one attached hydrogen (secondary N) is 1. The molecule has 2 heterocycles. The minimum Gasteiger partial charge on any atom is -0.325 e. The summed E-state index contributed by atoms with van der Waals surface area (Å²) >= 11 is 2.68. The van der Waals surface area contributed by atoms with E-state index in [-0.39, 0.29) is 16.7 Å². The Hall–Kier alpha value is -2.12. The minimum absolute atomic E-state index is 0.0777. The Morgan fingerprint density at radius 1 is 1.26 bits per heavy atom. The van der Waals surface area contributed by atoms with Crippen LogP contribution in [0.3, 0.4) is 0 Å². The molecule has 5 nitrogen and oxygen atoms in total. The average molecular weight is 402 g/mol. The van der Waals surface area contributed by atoms with E-state index in [1.54, 1.807) is 7.05 Å². The number of benzene rings is 1. The van der Waals surface area contributed by atoms with Crippen LogP contribution >= 0.6 is 23.1 Å². The molecule has 1 aromatic carbocycles. The Kier molecular flexibility index (Phi) is 5.72. The molecule has 0 saturated carbocycles. The lowest BCUT2D eigenvalue weighted by Gasteiger charge is -2.19. The Morgan fingerprint density at radius 2 is 2.00 bits per heavy atom. The molecule has 7 heteroatoms. The van der Waals surface area contributed by atoms with Gasteiger partial charge in [0, 0.05) is 12.7 Å². The second kappa shape index (κ2) is 7.86. The maximum Gasteiger partial charge on any atom is 0.271 e. The van der Waals surface area contributed by atoms with Crippen molar-refractivity contribution in [1.29, 1.82) is 0 Å². The number of para-hydroxylation sites is 1. The van der Waals surface area contributed by atoms with Crippen LogP contribution in [0.4, 0.5) is 5.69 Å². The summed E-state index contributed by atoms with van der Waals surface area (Å²) in [7, 11) is 1.69. The van der Waals surface area contributed by atoms with E-state index in [4.69, 9.17) is 0 Å². The summed E-state index contributed by atoms with van der Waals surface area (Å²) < 4.78 is 2.15. The van der Waals surface area contributed by atoms with Crippen molar-refractivity contribution in [2.24, 2.45) is 7.05 Å². The van der Waals surface area contributed by atoms with Gasteiger partial charge in [0.05, 0.1) is 10.8 Å². The number of hydrogen-bond acceptors (Lipinski definition) is 5. The maximum atomic E-state index is 12.8. The lowest BCUT2D eigenvalue weighted by molar-refractivity contribution is -0.115. The summed E-state index contributed by atoms with van der Waals surface area (Å²) in [6, 6.07) is 7.88. The van der Waals surface area contributed by atoms with E-state index in [1.165, 1.54) is 27.7 Å². The number of anilines is 1. The van der Waals surface area contributed by atoms with E-state index in [9.17, 15) is 9.59 Å². The van der Waals surface area contributed by atoms with Crippen LogP contribution in [0.5, 0.6) is 0 Å². The number of rotatable bonds is 5. The fourth-order valence-corrected chi connectivity index (χ4v) is 4.53. The van der Waals surface area contributed by atoms with Crippen LogP contribution in [0.15, 0.2) is 39.6 Å². The molecule has 0 aliphatic heterocycles. The molecule has 1 N–H and O–H groups in total.